The Morgan fingerprint density at radius 1 is 0.943 bits per heavy atom. The van der Waals surface area contributed by atoms with Crippen LogP contribution in [0.25, 0.3) is 11.1 Å². The van der Waals surface area contributed by atoms with Gasteiger partial charge in [-0.2, -0.15) is 0 Å². The van der Waals surface area contributed by atoms with Crippen LogP contribution in [0.1, 0.15) is 36.1 Å². The first-order valence-corrected chi connectivity index (χ1v) is 11.5. The summed E-state index contributed by atoms with van der Waals surface area (Å²) in [5.41, 5.74) is 5.11. The molecule has 3 aromatic rings. The van der Waals surface area contributed by atoms with Gasteiger partial charge < -0.3 is 20.5 Å². The van der Waals surface area contributed by atoms with Crippen LogP contribution in [0.15, 0.2) is 72.9 Å². The van der Waals surface area contributed by atoms with Gasteiger partial charge in [-0.1, -0.05) is 54.6 Å². The van der Waals surface area contributed by atoms with Crippen molar-refractivity contribution in [1.29, 1.82) is 0 Å². The van der Waals surface area contributed by atoms with Crippen LogP contribution in [-0.2, 0) is 20.7 Å². The summed E-state index contributed by atoms with van der Waals surface area (Å²) in [5, 5.41) is 14.4. The average molecular weight is 474 g/mol. The Morgan fingerprint density at radius 3 is 2.17 bits per heavy atom. The van der Waals surface area contributed by atoms with E-state index in [9.17, 15) is 19.5 Å². The number of alkyl carbamates (subject to hydrolysis) is 1. The molecule has 180 valence electrons. The van der Waals surface area contributed by atoms with Crippen molar-refractivity contribution < 1.29 is 24.2 Å². The van der Waals surface area contributed by atoms with E-state index in [1.807, 2.05) is 60.7 Å². The fourth-order valence-corrected chi connectivity index (χ4v) is 4.39. The molecule has 1 heterocycles. The Hall–Kier alpha value is -4.20. The van der Waals surface area contributed by atoms with E-state index in [0.717, 1.165) is 27.9 Å². The fraction of sp³-hybridized carbons (Fsp3) is 0.259. The highest BCUT2D eigenvalue weighted by Crippen LogP contribution is 2.44. The van der Waals surface area contributed by atoms with E-state index in [1.54, 1.807) is 19.2 Å². The van der Waals surface area contributed by atoms with E-state index in [0.29, 0.717) is 6.42 Å². The molecule has 3 N–H and O–H groups in total. The zero-order valence-corrected chi connectivity index (χ0v) is 19.3. The van der Waals surface area contributed by atoms with Crippen LogP contribution in [0.2, 0.25) is 0 Å². The monoisotopic (exact) mass is 473 g/mol. The quantitative estimate of drug-likeness (QED) is 0.438. The van der Waals surface area contributed by atoms with Crippen LogP contribution in [0.5, 0.6) is 0 Å². The van der Waals surface area contributed by atoms with Crippen LogP contribution >= 0.6 is 0 Å². The predicted molar refractivity (Wildman–Crippen MR) is 130 cm³/mol. The summed E-state index contributed by atoms with van der Waals surface area (Å²) < 4.78 is 5.47. The van der Waals surface area contributed by atoms with E-state index >= 15 is 0 Å². The van der Waals surface area contributed by atoms with Crippen LogP contribution in [-0.4, -0.2) is 46.8 Å². The number of hydrogen-bond acceptors (Lipinski definition) is 5. The van der Waals surface area contributed by atoms with Crippen molar-refractivity contribution >= 4 is 18.0 Å². The third-order valence-corrected chi connectivity index (χ3v) is 5.96. The lowest BCUT2D eigenvalue weighted by atomic mass is 9.98. The second kappa shape index (κ2) is 10.8. The molecule has 1 aliphatic rings. The molecule has 1 aromatic heterocycles. The summed E-state index contributed by atoms with van der Waals surface area (Å²) in [5.74, 6) is -1.94. The van der Waals surface area contributed by atoms with Crippen molar-refractivity contribution in [1.82, 2.24) is 15.6 Å². The van der Waals surface area contributed by atoms with Gasteiger partial charge in [0.2, 0.25) is 5.91 Å². The van der Waals surface area contributed by atoms with Gasteiger partial charge in [-0.3, -0.25) is 14.6 Å². The minimum absolute atomic E-state index is 0.0668. The first-order valence-electron chi connectivity index (χ1n) is 11.5. The molecule has 8 nitrogen and oxygen atoms in total. The number of aromatic nitrogens is 1. The third-order valence-electron chi connectivity index (χ3n) is 5.96. The van der Waals surface area contributed by atoms with Gasteiger partial charge in [0.25, 0.3) is 0 Å². The summed E-state index contributed by atoms with van der Waals surface area (Å²) in [6.07, 6.45) is 0.727. The van der Waals surface area contributed by atoms with Crippen LogP contribution in [0.4, 0.5) is 4.79 Å². The van der Waals surface area contributed by atoms with Gasteiger partial charge in [0, 0.05) is 30.3 Å². The molecule has 4 rings (SSSR count). The van der Waals surface area contributed by atoms with Crippen LogP contribution in [0.3, 0.4) is 0 Å². The molecule has 1 aliphatic carbocycles. The molecular formula is C27H27N3O5. The van der Waals surface area contributed by atoms with E-state index < -0.39 is 30.4 Å². The number of carbonyl (C=O) groups is 3. The normalized spacial score (nSPS) is 13.7. The smallest absolute Gasteiger partial charge is 0.407 e. The molecular weight excluding hydrogens is 446 g/mol. The number of carbonyl (C=O) groups excluding carboxylic acids is 2. The number of pyridine rings is 1. The molecule has 2 amide bonds. The highest BCUT2D eigenvalue weighted by molar-refractivity contribution is 5.89. The number of rotatable bonds is 9. The molecule has 0 bridgehead atoms. The van der Waals surface area contributed by atoms with Crippen molar-refractivity contribution in [3.8, 4) is 11.1 Å². The SMILES string of the molecule is CC(Cc1ccccn1)NC(=O)C(CC(=O)O)NC(=O)OCC1c2ccccc2-c2ccccc21. The maximum Gasteiger partial charge on any atom is 0.407 e. The van der Waals surface area contributed by atoms with Crippen LogP contribution < -0.4 is 10.6 Å². The van der Waals surface area contributed by atoms with Gasteiger partial charge in [-0.05, 0) is 41.3 Å². The second-order valence-electron chi connectivity index (χ2n) is 8.56. The number of nitrogens with one attached hydrogen (secondary N) is 2. The molecule has 2 atom stereocenters. The number of aliphatic carboxylic acids is 1. The highest BCUT2D eigenvalue weighted by atomic mass is 16.5. The molecule has 0 radical (unpaired) electrons. The van der Waals surface area contributed by atoms with E-state index in [-0.39, 0.29) is 18.6 Å². The van der Waals surface area contributed by atoms with Gasteiger partial charge in [0.15, 0.2) is 0 Å². The van der Waals surface area contributed by atoms with Crippen molar-refractivity contribution in [2.75, 3.05) is 6.61 Å². The lowest BCUT2D eigenvalue weighted by molar-refractivity contribution is -0.140. The summed E-state index contributed by atoms with van der Waals surface area (Å²) in [7, 11) is 0. The van der Waals surface area contributed by atoms with Gasteiger partial charge in [0.1, 0.15) is 12.6 Å². The van der Waals surface area contributed by atoms with Gasteiger partial charge in [0.05, 0.1) is 6.42 Å². The van der Waals surface area contributed by atoms with Crippen molar-refractivity contribution in [2.24, 2.45) is 0 Å². The second-order valence-corrected chi connectivity index (χ2v) is 8.56. The number of carboxylic acids is 1. The Kier molecular flexibility index (Phi) is 7.40. The Morgan fingerprint density at radius 2 is 1.57 bits per heavy atom. The summed E-state index contributed by atoms with van der Waals surface area (Å²) in [6, 6.07) is 19.8. The molecule has 0 saturated heterocycles. The lowest BCUT2D eigenvalue weighted by Gasteiger charge is -2.21. The largest absolute Gasteiger partial charge is 0.481 e. The zero-order chi connectivity index (χ0) is 24.8. The minimum Gasteiger partial charge on any atom is -0.481 e. The molecule has 2 aromatic carbocycles. The predicted octanol–water partition coefficient (Wildman–Crippen LogP) is 3.51. The minimum atomic E-state index is -1.27. The molecule has 0 spiro atoms. The topological polar surface area (TPSA) is 118 Å². The fourth-order valence-electron chi connectivity index (χ4n) is 4.39. The van der Waals surface area contributed by atoms with Crippen molar-refractivity contribution in [3.63, 3.8) is 0 Å². The summed E-state index contributed by atoms with van der Waals surface area (Å²) >= 11 is 0. The van der Waals surface area contributed by atoms with Crippen molar-refractivity contribution in [3.05, 3.63) is 89.7 Å². The summed E-state index contributed by atoms with van der Waals surface area (Å²) in [6.45, 7) is 1.86. The zero-order valence-electron chi connectivity index (χ0n) is 19.3. The number of amides is 2. The van der Waals surface area contributed by atoms with Gasteiger partial charge in [-0.25, -0.2) is 4.79 Å². The van der Waals surface area contributed by atoms with Crippen LogP contribution in [0, 0.1) is 0 Å². The van der Waals surface area contributed by atoms with E-state index in [1.165, 1.54) is 0 Å². The lowest BCUT2D eigenvalue weighted by Crippen LogP contribution is -2.50. The maximum absolute atomic E-state index is 12.7. The Balaban J connectivity index is 1.37. The number of benzene rings is 2. The van der Waals surface area contributed by atoms with Gasteiger partial charge in [-0.15, -0.1) is 0 Å². The average Bonchev–Trinajstić information content (AvgIpc) is 3.16. The highest BCUT2D eigenvalue weighted by Gasteiger charge is 2.30. The number of nitrogens with zero attached hydrogens (tertiary/aromatic N) is 1. The third kappa shape index (κ3) is 5.84. The molecule has 0 fully saturated rings. The van der Waals surface area contributed by atoms with E-state index in [2.05, 4.69) is 15.6 Å². The number of hydrogen-bond donors (Lipinski definition) is 3. The number of ether oxygens (including phenoxy) is 1. The Labute approximate surface area is 203 Å². The standard InChI is InChI=1S/C27H27N3O5/c1-17(14-18-8-6-7-13-28-18)29-26(33)24(15-25(31)32)30-27(34)35-16-23-21-11-4-2-9-19(21)20-10-3-5-12-22(20)23/h2-13,17,23-24H,14-16H2,1H3,(H,29,33)(H,30,34)(H,31,32). The first-order chi connectivity index (χ1) is 16.9. The molecule has 0 saturated carbocycles. The van der Waals surface area contributed by atoms with E-state index in [4.69, 9.17) is 4.74 Å². The molecule has 0 aliphatic heterocycles. The Bertz CT molecular complexity index is 1170. The molecule has 35 heavy (non-hydrogen) atoms. The van der Waals surface area contributed by atoms with Gasteiger partial charge >= 0.3 is 12.1 Å². The summed E-state index contributed by atoms with van der Waals surface area (Å²) in [4.78, 5) is 40.9. The molecule has 8 heteroatoms. The maximum atomic E-state index is 12.7. The molecule has 2 unspecified atom stereocenters. The first kappa shape index (κ1) is 23.9. The number of carboxylic acid groups (broad SMARTS) is 1. The number of fused-ring (bicyclic) bond motifs is 3. The van der Waals surface area contributed by atoms with Crippen molar-refractivity contribution in [2.45, 2.75) is 37.8 Å².